The fraction of sp³-hybridized carbons (Fsp3) is 0.300. The Morgan fingerprint density at radius 1 is 1.31 bits per heavy atom. The number of rotatable bonds is 0. The number of halogens is 2. The first kappa shape index (κ1) is 8.88. The summed E-state index contributed by atoms with van der Waals surface area (Å²) in [5.74, 6) is -0.210. The summed E-state index contributed by atoms with van der Waals surface area (Å²) < 4.78 is 13.9. The van der Waals surface area contributed by atoms with E-state index in [4.69, 9.17) is 0 Å². The lowest BCUT2D eigenvalue weighted by molar-refractivity contribution is 0.0971. The maximum absolute atomic E-state index is 13.5. The number of fused-ring (bicyclic) bond motifs is 1. The molecule has 1 nitrogen and oxygen atoms in total. The van der Waals surface area contributed by atoms with Crippen molar-refractivity contribution in [1.29, 1.82) is 0 Å². The van der Waals surface area contributed by atoms with E-state index >= 15 is 0 Å². The van der Waals surface area contributed by atoms with Crippen LogP contribution in [-0.4, -0.2) is 5.78 Å². The number of benzene rings is 1. The van der Waals surface area contributed by atoms with Gasteiger partial charge in [-0.1, -0.05) is 0 Å². The van der Waals surface area contributed by atoms with Crippen molar-refractivity contribution in [2.24, 2.45) is 0 Å². The van der Waals surface area contributed by atoms with Crippen LogP contribution in [0.25, 0.3) is 0 Å². The van der Waals surface area contributed by atoms with E-state index in [2.05, 4.69) is 15.9 Å². The molecule has 0 saturated heterocycles. The highest BCUT2D eigenvalue weighted by Crippen LogP contribution is 2.28. The summed E-state index contributed by atoms with van der Waals surface area (Å²) in [5, 5.41) is 0. The Balaban J connectivity index is 2.63. The van der Waals surface area contributed by atoms with Gasteiger partial charge in [0.1, 0.15) is 5.82 Å². The summed E-state index contributed by atoms with van der Waals surface area (Å²) in [6, 6.07) is 3.29. The lowest BCUT2D eigenvalue weighted by Gasteiger charge is -2.15. The average molecular weight is 243 g/mol. The third-order valence-corrected chi connectivity index (χ3v) is 2.94. The molecule has 68 valence electrons. The lowest BCUT2D eigenvalue weighted by atomic mass is 9.90. The molecule has 13 heavy (non-hydrogen) atoms. The van der Waals surface area contributed by atoms with Gasteiger partial charge < -0.3 is 0 Å². The maximum atomic E-state index is 13.5. The van der Waals surface area contributed by atoms with Crippen LogP contribution in [0.3, 0.4) is 0 Å². The topological polar surface area (TPSA) is 17.1 Å². The Hall–Kier alpha value is -0.700. The Kier molecular flexibility index (Phi) is 2.20. The summed E-state index contributed by atoms with van der Waals surface area (Å²) in [5.41, 5.74) is 1.14. The van der Waals surface area contributed by atoms with Gasteiger partial charge in [0.05, 0.1) is 4.47 Å². The van der Waals surface area contributed by atoms with Gasteiger partial charge in [-0.15, -0.1) is 0 Å². The molecular formula is C10H8BrFO. The monoisotopic (exact) mass is 242 g/mol. The molecule has 0 saturated carbocycles. The van der Waals surface area contributed by atoms with E-state index in [0.29, 0.717) is 28.4 Å². The van der Waals surface area contributed by atoms with Crippen molar-refractivity contribution < 1.29 is 9.18 Å². The number of carbonyl (C=O) groups is 1. The second kappa shape index (κ2) is 3.22. The second-order valence-corrected chi connectivity index (χ2v) is 4.02. The first-order valence-corrected chi connectivity index (χ1v) is 4.99. The van der Waals surface area contributed by atoms with Crippen LogP contribution < -0.4 is 0 Å². The average Bonchev–Trinajstić information content (AvgIpc) is 2.12. The molecule has 0 unspecified atom stereocenters. The molecule has 0 atom stereocenters. The number of hydrogen-bond donors (Lipinski definition) is 0. The Labute approximate surface area is 84.1 Å². The molecule has 0 aromatic heterocycles. The van der Waals surface area contributed by atoms with Gasteiger partial charge in [-0.25, -0.2) is 4.39 Å². The van der Waals surface area contributed by atoms with Crippen molar-refractivity contribution in [2.75, 3.05) is 0 Å². The Morgan fingerprint density at radius 2 is 2.08 bits per heavy atom. The van der Waals surface area contributed by atoms with Gasteiger partial charge in [-0.2, -0.15) is 0 Å². The van der Waals surface area contributed by atoms with E-state index in [9.17, 15) is 9.18 Å². The van der Waals surface area contributed by atoms with Crippen LogP contribution in [0.1, 0.15) is 28.8 Å². The number of hydrogen-bond acceptors (Lipinski definition) is 1. The zero-order chi connectivity index (χ0) is 9.42. The first-order chi connectivity index (χ1) is 6.20. The third-order valence-electron chi connectivity index (χ3n) is 2.33. The van der Waals surface area contributed by atoms with Crippen molar-refractivity contribution in [3.63, 3.8) is 0 Å². The number of carbonyl (C=O) groups excluding carboxylic acids is 1. The van der Waals surface area contributed by atoms with E-state index in [-0.39, 0.29) is 11.6 Å². The van der Waals surface area contributed by atoms with Gasteiger partial charge in [-0.05, 0) is 46.5 Å². The smallest absolute Gasteiger partial charge is 0.163 e. The summed E-state index contributed by atoms with van der Waals surface area (Å²) in [6.45, 7) is 0. The molecule has 0 N–H and O–H groups in total. The molecule has 0 spiro atoms. The van der Waals surface area contributed by atoms with E-state index in [0.717, 1.165) is 6.42 Å². The first-order valence-electron chi connectivity index (χ1n) is 4.20. The molecule has 0 radical (unpaired) electrons. The largest absolute Gasteiger partial charge is 0.294 e. The van der Waals surface area contributed by atoms with E-state index in [1.807, 2.05) is 0 Å². The van der Waals surface area contributed by atoms with Crippen LogP contribution in [-0.2, 0) is 6.42 Å². The number of ketones is 1. The molecule has 0 aliphatic heterocycles. The number of Topliss-reactive ketones (excluding diaryl/α,β-unsaturated/α-hetero) is 1. The van der Waals surface area contributed by atoms with Crippen molar-refractivity contribution in [1.82, 2.24) is 0 Å². The van der Waals surface area contributed by atoms with Gasteiger partial charge in [0.15, 0.2) is 5.78 Å². The van der Waals surface area contributed by atoms with Crippen molar-refractivity contribution in [3.05, 3.63) is 33.5 Å². The van der Waals surface area contributed by atoms with Crippen molar-refractivity contribution in [2.45, 2.75) is 19.3 Å². The van der Waals surface area contributed by atoms with E-state index in [1.165, 1.54) is 0 Å². The summed E-state index contributed by atoms with van der Waals surface area (Å²) >= 11 is 3.11. The standard InChI is InChI=1S/C10H8BrFO/c11-8-5-4-6-7(10(8)12)2-1-3-9(6)13/h4-5H,1-3H2. The SMILES string of the molecule is O=C1CCCc2c1ccc(Br)c2F. The Bertz CT molecular complexity index is 373. The predicted molar refractivity (Wildman–Crippen MR) is 51.4 cm³/mol. The molecular weight excluding hydrogens is 235 g/mol. The molecule has 0 fully saturated rings. The zero-order valence-corrected chi connectivity index (χ0v) is 8.53. The minimum Gasteiger partial charge on any atom is -0.294 e. The molecule has 1 aromatic rings. The van der Waals surface area contributed by atoms with Crippen LogP contribution in [0, 0.1) is 5.82 Å². The quantitative estimate of drug-likeness (QED) is 0.684. The molecule has 1 aromatic carbocycles. The van der Waals surface area contributed by atoms with Crippen LogP contribution in [0.4, 0.5) is 4.39 Å². The summed E-state index contributed by atoms with van der Waals surface area (Å²) in [7, 11) is 0. The minimum atomic E-state index is -0.273. The predicted octanol–water partition coefficient (Wildman–Crippen LogP) is 3.11. The highest BCUT2D eigenvalue weighted by molar-refractivity contribution is 9.10. The summed E-state index contributed by atoms with van der Waals surface area (Å²) in [6.07, 6.45) is 1.99. The molecule has 3 heteroatoms. The summed E-state index contributed by atoms with van der Waals surface area (Å²) in [4.78, 5) is 11.4. The highest BCUT2D eigenvalue weighted by Gasteiger charge is 2.21. The van der Waals surface area contributed by atoms with Crippen molar-refractivity contribution in [3.8, 4) is 0 Å². The normalized spacial score (nSPS) is 15.7. The van der Waals surface area contributed by atoms with E-state index in [1.54, 1.807) is 12.1 Å². The van der Waals surface area contributed by atoms with Crippen LogP contribution in [0.15, 0.2) is 16.6 Å². The van der Waals surface area contributed by atoms with Gasteiger partial charge in [0, 0.05) is 12.0 Å². The second-order valence-electron chi connectivity index (χ2n) is 3.16. The fourth-order valence-corrected chi connectivity index (χ4v) is 2.03. The minimum absolute atomic E-state index is 0.0626. The zero-order valence-electron chi connectivity index (χ0n) is 6.94. The highest BCUT2D eigenvalue weighted by atomic mass is 79.9. The van der Waals surface area contributed by atoms with Crippen LogP contribution in [0.5, 0.6) is 0 Å². The molecule has 1 aliphatic carbocycles. The maximum Gasteiger partial charge on any atom is 0.163 e. The molecule has 0 heterocycles. The van der Waals surface area contributed by atoms with Gasteiger partial charge in [0.2, 0.25) is 0 Å². The Morgan fingerprint density at radius 3 is 2.85 bits per heavy atom. The molecule has 0 bridgehead atoms. The van der Waals surface area contributed by atoms with Crippen LogP contribution >= 0.6 is 15.9 Å². The molecule has 2 rings (SSSR count). The van der Waals surface area contributed by atoms with E-state index < -0.39 is 0 Å². The lowest BCUT2D eigenvalue weighted by Crippen LogP contribution is -2.12. The van der Waals surface area contributed by atoms with Crippen LogP contribution in [0.2, 0.25) is 0 Å². The molecule has 0 amide bonds. The third kappa shape index (κ3) is 1.41. The van der Waals surface area contributed by atoms with Gasteiger partial charge in [0.25, 0.3) is 0 Å². The van der Waals surface area contributed by atoms with Gasteiger partial charge >= 0.3 is 0 Å². The molecule has 1 aliphatic rings. The van der Waals surface area contributed by atoms with Gasteiger partial charge in [-0.3, -0.25) is 4.79 Å². The van der Waals surface area contributed by atoms with Crippen molar-refractivity contribution >= 4 is 21.7 Å². The fourth-order valence-electron chi connectivity index (χ4n) is 1.66.